The van der Waals surface area contributed by atoms with Crippen LogP contribution in [0, 0.1) is 10.8 Å². The molecule has 0 saturated heterocycles. The molecule has 17 nitrogen and oxygen atoms in total. The zero-order valence-electron chi connectivity index (χ0n) is 32.4. The van der Waals surface area contributed by atoms with Crippen LogP contribution in [0.25, 0.3) is 0 Å². The highest BCUT2D eigenvalue weighted by Crippen LogP contribution is 2.26. The van der Waals surface area contributed by atoms with Crippen molar-refractivity contribution < 1.29 is 81.0 Å². The Morgan fingerprint density at radius 2 is 0.596 bits per heavy atom. The molecule has 0 saturated carbocycles. The van der Waals surface area contributed by atoms with Gasteiger partial charge >= 0.3 is 47.8 Å². The third-order valence-electron chi connectivity index (χ3n) is 7.52. The van der Waals surface area contributed by atoms with Crippen LogP contribution in [0.1, 0.15) is 51.4 Å². The average molecular weight is 807 g/mol. The lowest BCUT2D eigenvalue weighted by Gasteiger charge is -2.35. The lowest BCUT2D eigenvalue weighted by molar-refractivity contribution is -0.172. The molecular weight excluding hydrogens is 752 g/mol. The van der Waals surface area contributed by atoms with Gasteiger partial charge in [-0.25, -0.2) is 28.8 Å². The second-order valence-electron chi connectivity index (χ2n) is 12.4. The summed E-state index contributed by atoms with van der Waals surface area (Å²) in [6.45, 7) is 16.4. The Labute approximate surface area is 332 Å². The molecule has 0 aliphatic carbocycles. The van der Waals surface area contributed by atoms with Crippen LogP contribution in [0.15, 0.2) is 75.9 Å². The molecule has 0 aromatic carbocycles. The van der Waals surface area contributed by atoms with E-state index in [1.165, 1.54) is 0 Å². The number of carbonyl (C=O) groups excluding carboxylic acids is 8. The summed E-state index contributed by atoms with van der Waals surface area (Å²) in [5, 5.41) is 0. The molecule has 0 radical (unpaired) electrons. The predicted molar refractivity (Wildman–Crippen MR) is 201 cm³/mol. The molecule has 0 spiro atoms. The summed E-state index contributed by atoms with van der Waals surface area (Å²) in [6.07, 6.45) is 8.32. The maximum Gasteiger partial charge on any atom is 0.330 e. The van der Waals surface area contributed by atoms with Gasteiger partial charge in [-0.3, -0.25) is 9.59 Å². The minimum atomic E-state index is -1.55. The lowest BCUT2D eigenvalue weighted by atomic mass is 9.90. The molecule has 0 fully saturated rings. The Kier molecular flexibility index (Phi) is 27.3. The fourth-order valence-electron chi connectivity index (χ4n) is 4.29. The Balaban J connectivity index is 6.19. The molecular formula is C40H54O17. The minimum Gasteiger partial charge on any atom is -0.465 e. The number of carbonyl (C=O) groups is 8. The predicted octanol–water partition coefficient (Wildman–Crippen LogP) is 3.56. The molecule has 0 N–H and O–H groups in total. The van der Waals surface area contributed by atoms with E-state index in [1.54, 1.807) is 0 Å². The van der Waals surface area contributed by atoms with Crippen molar-refractivity contribution in [3.63, 3.8) is 0 Å². The van der Waals surface area contributed by atoms with Crippen LogP contribution < -0.4 is 0 Å². The molecule has 316 valence electrons. The zero-order chi connectivity index (χ0) is 43.0. The number of unbranched alkanes of at least 4 members (excludes halogenated alkanes) is 4. The summed E-state index contributed by atoms with van der Waals surface area (Å²) in [5.74, 6) is -5.86. The number of hydrogen-bond acceptors (Lipinski definition) is 17. The topological polar surface area (TPSA) is 220 Å². The second-order valence-corrected chi connectivity index (χ2v) is 12.4. The van der Waals surface area contributed by atoms with Crippen molar-refractivity contribution >= 4 is 47.8 Å². The third-order valence-corrected chi connectivity index (χ3v) is 7.52. The maximum atomic E-state index is 12.8. The molecule has 0 rings (SSSR count). The number of ether oxygens (including phenoxy) is 9. The fraction of sp³-hybridized carbons (Fsp3) is 0.500. The summed E-state index contributed by atoms with van der Waals surface area (Å²) in [7, 11) is 0. The molecule has 0 aliphatic rings. The lowest BCUT2D eigenvalue weighted by Crippen LogP contribution is -2.47. The van der Waals surface area contributed by atoms with E-state index in [2.05, 4.69) is 39.5 Å². The first-order valence-electron chi connectivity index (χ1n) is 17.9. The van der Waals surface area contributed by atoms with Gasteiger partial charge in [-0.15, -0.1) is 0 Å². The van der Waals surface area contributed by atoms with Crippen LogP contribution in [0.4, 0.5) is 0 Å². The van der Waals surface area contributed by atoms with Crippen LogP contribution in [0.5, 0.6) is 0 Å². The first-order valence-corrected chi connectivity index (χ1v) is 17.9. The first kappa shape index (κ1) is 51.2. The number of rotatable bonds is 34. The summed E-state index contributed by atoms with van der Waals surface area (Å²) in [5.41, 5.74) is -3.10. The van der Waals surface area contributed by atoms with E-state index in [4.69, 9.17) is 42.6 Å². The van der Waals surface area contributed by atoms with Crippen LogP contribution in [-0.4, -0.2) is 114 Å². The van der Waals surface area contributed by atoms with Gasteiger partial charge in [0.25, 0.3) is 0 Å². The van der Waals surface area contributed by atoms with Gasteiger partial charge in [0.1, 0.15) is 39.6 Å². The van der Waals surface area contributed by atoms with E-state index in [0.717, 1.165) is 36.5 Å². The van der Waals surface area contributed by atoms with Crippen LogP contribution in [0.3, 0.4) is 0 Å². The molecule has 57 heavy (non-hydrogen) atoms. The van der Waals surface area contributed by atoms with E-state index in [9.17, 15) is 38.4 Å². The van der Waals surface area contributed by atoms with Gasteiger partial charge in [-0.05, 0) is 38.5 Å². The highest BCUT2D eigenvalue weighted by molar-refractivity contribution is 5.83. The molecule has 0 heterocycles. The summed E-state index contributed by atoms with van der Waals surface area (Å²) in [4.78, 5) is 96.5. The van der Waals surface area contributed by atoms with E-state index >= 15 is 0 Å². The van der Waals surface area contributed by atoms with Crippen molar-refractivity contribution in [2.75, 3.05) is 66.1 Å². The Morgan fingerprint density at radius 1 is 0.333 bits per heavy atom. The maximum absolute atomic E-state index is 12.8. The van der Waals surface area contributed by atoms with Gasteiger partial charge in [-0.1, -0.05) is 39.5 Å². The summed E-state index contributed by atoms with van der Waals surface area (Å²) < 4.78 is 48.0. The quantitative estimate of drug-likeness (QED) is 0.0393. The van der Waals surface area contributed by atoms with Crippen LogP contribution in [-0.2, 0) is 81.0 Å². The van der Waals surface area contributed by atoms with Crippen molar-refractivity contribution in [1.82, 2.24) is 0 Å². The largest absolute Gasteiger partial charge is 0.465 e. The molecule has 0 bridgehead atoms. The van der Waals surface area contributed by atoms with Gasteiger partial charge < -0.3 is 42.6 Å². The van der Waals surface area contributed by atoms with Crippen LogP contribution in [0.2, 0.25) is 0 Å². The van der Waals surface area contributed by atoms with Crippen molar-refractivity contribution in [2.45, 2.75) is 51.4 Å². The molecule has 0 amide bonds. The molecule has 0 aromatic rings. The van der Waals surface area contributed by atoms with Gasteiger partial charge in [0.05, 0.1) is 37.3 Å². The summed E-state index contributed by atoms with van der Waals surface area (Å²) in [6, 6.07) is 0. The monoisotopic (exact) mass is 806 g/mol. The molecule has 0 unspecified atom stereocenters. The van der Waals surface area contributed by atoms with Crippen LogP contribution >= 0.6 is 0 Å². The van der Waals surface area contributed by atoms with Gasteiger partial charge in [0, 0.05) is 49.3 Å². The SMILES string of the molecule is C=CC(=O)OCCCCCC(=O)OCC(COCC(COC(=O)C=C)(COC(=O)C=C)COC(=O)CCCCCOC(=O)C=C)(COC(=O)C=C)COC(=O)C=C. The van der Waals surface area contributed by atoms with E-state index in [1.807, 2.05) is 0 Å². The smallest absolute Gasteiger partial charge is 0.330 e. The zero-order valence-corrected chi connectivity index (χ0v) is 32.4. The fourth-order valence-corrected chi connectivity index (χ4v) is 4.29. The van der Waals surface area contributed by atoms with Gasteiger partial charge in [-0.2, -0.15) is 0 Å². The van der Waals surface area contributed by atoms with Crippen molar-refractivity contribution in [3.8, 4) is 0 Å². The molecule has 0 aromatic heterocycles. The average Bonchev–Trinajstić information content (AvgIpc) is 3.22. The van der Waals surface area contributed by atoms with Crippen molar-refractivity contribution in [2.24, 2.45) is 10.8 Å². The summed E-state index contributed by atoms with van der Waals surface area (Å²) >= 11 is 0. The second kappa shape index (κ2) is 30.4. The highest BCUT2D eigenvalue weighted by atomic mass is 16.6. The Bertz CT molecular complexity index is 1260. The standard InChI is InChI=1S/C40H54O17/c1-7-31(41)50-21-17-13-15-19-37(47)56-29-39(25-52-33(43)9-3,26-53-34(44)10-4)23-49-24-40(27-54-35(45)11-5,28-55-36(46)12-6)30-57-38(48)20-16-14-18-22-51-32(42)8-2/h7-12H,1-6,13-30H2. The first-order chi connectivity index (χ1) is 27.2. The van der Waals surface area contributed by atoms with Gasteiger partial charge in [0.15, 0.2) is 0 Å². The third kappa shape index (κ3) is 25.0. The van der Waals surface area contributed by atoms with Crippen molar-refractivity contribution in [1.29, 1.82) is 0 Å². The number of hydrogen-bond donors (Lipinski definition) is 0. The van der Waals surface area contributed by atoms with E-state index in [-0.39, 0.29) is 26.1 Å². The van der Waals surface area contributed by atoms with Crippen molar-refractivity contribution in [3.05, 3.63) is 75.9 Å². The molecule has 17 heteroatoms. The van der Waals surface area contributed by atoms with E-state index < -0.39 is 111 Å². The molecule has 0 aliphatic heterocycles. The van der Waals surface area contributed by atoms with E-state index in [0.29, 0.717) is 38.5 Å². The normalized spacial score (nSPS) is 10.7. The van der Waals surface area contributed by atoms with Gasteiger partial charge in [0.2, 0.25) is 0 Å². The molecule has 0 atom stereocenters. The Morgan fingerprint density at radius 3 is 0.877 bits per heavy atom. The Hall–Kier alpha value is -5.84. The number of esters is 8. The minimum absolute atomic E-state index is 0.0359. The highest BCUT2D eigenvalue weighted by Gasteiger charge is 2.40.